The minimum atomic E-state index is 0.0473. The van der Waals surface area contributed by atoms with Crippen LogP contribution in [-0.2, 0) is 0 Å². The number of hydrogen-bond donors (Lipinski definition) is 0. The third-order valence-corrected chi connectivity index (χ3v) is 3.60. The molecule has 0 heterocycles. The molecule has 0 atom stereocenters. The second-order valence-electron chi connectivity index (χ2n) is 4.21. The highest BCUT2D eigenvalue weighted by Crippen LogP contribution is 2.22. The fourth-order valence-electron chi connectivity index (χ4n) is 1.64. The highest BCUT2D eigenvalue weighted by molar-refractivity contribution is 9.10. The number of amides is 1. The highest BCUT2D eigenvalue weighted by atomic mass is 79.9. The van der Waals surface area contributed by atoms with Crippen molar-refractivity contribution in [3.05, 3.63) is 46.0 Å². The number of benzene rings is 1. The molecule has 2 nitrogen and oxygen atoms in total. The van der Waals surface area contributed by atoms with Crippen LogP contribution in [-0.4, -0.2) is 23.9 Å². The number of halogens is 1. The van der Waals surface area contributed by atoms with Crippen LogP contribution in [0.15, 0.2) is 34.8 Å². The number of likely N-dealkylation sites (N-methyl/N-ethyl adjacent to an activating group) is 1. The number of carbonyl (C=O) groups excluding carboxylic acids is 1. The first kappa shape index (κ1) is 14.0. The third kappa shape index (κ3) is 3.43. The third-order valence-electron chi connectivity index (χ3n) is 2.55. The molecule has 0 radical (unpaired) electrons. The Hall–Kier alpha value is -1.09. The van der Waals surface area contributed by atoms with E-state index < -0.39 is 0 Å². The summed E-state index contributed by atoms with van der Waals surface area (Å²) in [6, 6.07) is 5.73. The Morgan fingerprint density at radius 1 is 1.47 bits per heavy atom. The van der Waals surface area contributed by atoms with Crippen LogP contribution >= 0.6 is 15.9 Å². The van der Waals surface area contributed by atoms with Crippen molar-refractivity contribution >= 4 is 21.8 Å². The Morgan fingerprint density at radius 2 is 2.12 bits per heavy atom. The van der Waals surface area contributed by atoms with Gasteiger partial charge in [-0.15, -0.1) is 0 Å². The molecule has 0 aliphatic rings. The lowest BCUT2D eigenvalue weighted by Gasteiger charge is -2.22. The van der Waals surface area contributed by atoms with Crippen molar-refractivity contribution in [1.29, 1.82) is 0 Å². The highest BCUT2D eigenvalue weighted by Gasteiger charge is 2.17. The summed E-state index contributed by atoms with van der Waals surface area (Å²) in [6.07, 6.45) is 0. The van der Waals surface area contributed by atoms with Crippen LogP contribution in [0, 0.1) is 6.92 Å². The normalized spacial score (nSPS) is 10.1. The maximum absolute atomic E-state index is 12.3. The molecule has 1 aromatic carbocycles. The van der Waals surface area contributed by atoms with Gasteiger partial charge in [-0.3, -0.25) is 4.79 Å². The van der Waals surface area contributed by atoms with E-state index in [0.717, 1.165) is 15.6 Å². The summed E-state index contributed by atoms with van der Waals surface area (Å²) in [5.41, 5.74) is 2.78. The van der Waals surface area contributed by atoms with Gasteiger partial charge in [0, 0.05) is 17.6 Å². The topological polar surface area (TPSA) is 20.3 Å². The van der Waals surface area contributed by atoms with Crippen LogP contribution in [0.5, 0.6) is 0 Å². The predicted octanol–water partition coefficient (Wildman–Crippen LogP) is 3.80. The molecular formula is C14H18BrNO. The van der Waals surface area contributed by atoms with Gasteiger partial charge in [0.1, 0.15) is 0 Å². The Morgan fingerprint density at radius 3 is 2.65 bits per heavy atom. The zero-order chi connectivity index (χ0) is 13.0. The van der Waals surface area contributed by atoms with Crippen molar-refractivity contribution in [1.82, 2.24) is 4.90 Å². The molecule has 0 bridgehead atoms. The van der Waals surface area contributed by atoms with Gasteiger partial charge in [0.2, 0.25) is 0 Å². The van der Waals surface area contributed by atoms with Crippen molar-refractivity contribution in [3.8, 4) is 0 Å². The van der Waals surface area contributed by atoms with Gasteiger partial charge in [0.05, 0.1) is 5.56 Å². The van der Waals surface area contributed by atoms with E-state index in [9.17, 15) is 4.79 Å². The van der Waals surface area contributed by atoms with Gasteiger partial charge in [0.15, 0.2) is 0 Å². The fraction of sp³-hybridized carbons (Fsp3) is 0.357. The molecule has 0 saturated heterocycles. The Balaban J connectivity index is 3.02. The second-order valence-corrected chi connectivity index (χ2v) is 5.01. The molecule has 1 amide bonds. The number of aryl methyl sites for hydroxylation is 1. The van der Waals surface area contributed by atoms with Crippen molar-refractivity contribution in [2.24, 2.45) is 0 Å². The standard InChI is InChI=1S/C14H18BrNO/c1-5-16(9-10(2)3)14(17)12-8-6-7-11(4)13(12)15/h6-8H,2,5,9H2,1,3-4H3. The second kappa shape index (κ2) is 6.01. The van der Waals surface area contributed by atoms with E-state index in [-0.39, 0.29) is 5.91 Å². The van der Waals surface area contributed by atoms with Gasteiger partial charge in [-0.25, -0.2) is 0 Å². The Kier molecular flexibility index (Phi) is 4.94. The van der Waals surface area contributed by atoms with Gasteiger partial charge >= 0.3 is 0 Å². The quantitative estimate of drug-likeness (QED) is 0.774. The predicted molar refractivity (Wildman–Crippen MR) is 75.3 cm³/mol. The zero-order valence-corrected chi connectivity index (χ0v) is 12.2. The first-order valence-electron chi connectivity index (χ1n) is 5.66. The number of rotatable bonds is 4. The number of nitrogens with zero attached hydrogens (tertiary/aromatic N) is 1. The molecule has 3 heteroatoms. The van der Waals surface area contributed by atoms with Gasteiger partial charge in [-0.1, -0.05) is 24.3 Å². The van der Waals surface area contributed by atoms with Crippen LogP contribution in [0.4, 0.5) is 0 Å². The van der Waals surface area contributed by atoms with Crippen LogP contribution in [0.1, 0.15) is 29.8 Å². The van der Waals surface area contributed by atoms with Gasteiger partial charge < -0.3 is 4.90 Å². The minimum Gasteiger partial charge on any atom is -0.335 e. The molecule has 17 heavy (non-hydrogen) atoms. The van der Waals surface area contributed by atoms with Gasteiger partial charge in [-0.05, 0) is 48.3 Å². The summed E-state index contributed by atoms with van der Waals surface area (Å²) in [5, 5.41) is 0. The monoisotopic (exact) mass is 295 g/mol. The minimum absolute atomic E-state index is 0.0473. The molecule has 0 aliphatic carbocycles. The molecule has 0 aromatic heterocycles. The average molecular weight is 296 g/mol. The number of carbonyl (C=O) groups is 1. The van der Waals surface area contributed by atoms with Crippen molar-refractivity contribution in [2.75, 3.05) is 13.1 Å². The van der Waals surface area contributed by atoms with E-state index in [1.807, 2.05) is 39.0 Å². The molecule has 0 N–H and O–H groups in total. The van der Waals surface area contributed by atoms with Crippen LogP contribution < -0.4 is 0 Å². The lowest BCUT2D eigenvalue weighted by molar-refractivity contribution is 0.0777. The molecule has 92 valence electrons. The average Bonchev–Trinajstić information content (AvgIpc) is 2.28. The molecule has 1 aromatic rings. The SMILES string of the molecule is C=C(C)CN(CC)C(=O)c1cccc(C)c1Br. The summed E-state index contributed by atoms with van der Waals surface area (Å²) in [5.74, 6) is 0.0473. The van der Waals surface area contributed by atoms with E-state index in [1.165, 1.54) is 0 Å². The first-order valence-corrected chi connectivity index (χ1v) is 6.45. The molecule has 0 aliphatic heterocycles. The molecular weight excluding hydrogens is 278 g/mol. The van der Waals surface area contributed by atoms with Crippen molar-refractivity contribution in [2.45, 2.75) is 20.8 Å². The summed E-state index contributed by atoms with van der Waals surface area (Å²) >= 11 is 3.47. The number of hydrogen-bond acceptors (Lipinski definition) is 1. The van der Waals surface area contributed by atoms with E-state index in [0.29, 0.717) is 18.7 Å². The van der Waals surface area contributed by atoms with Crippen LogP contribution in [0.2, 0.25) is 0 Å². The summed E-state index contributed by atoms with van der Waals surface area (Å²) < 4.78 is 0.880. The van der Waals surface area contributed by atoms with E-state index in [4.69, 9.17) is 0 Å². The molecule has 0 fully saturated rings. The van der Waals surface area contributed by atoms with Crippen molar-refractivity contribution in [3.63, 3.8) is 0 Å². The van der Waals surface area contributed by atoms with Crippen LogP contribution in [0.25, 0.3) is 0 Å². The van der Waals surface area contributed by atoms with Crippen molar-refractivity contribution < 1.29 is 4.79 Å². The summed E-state index contributed by atoms with van der Waals surface area (Å²) in [4.78, 5) is 14.1. The van der Waals surface area contributed by atoms with E-state index in [2.05, 4.69) is 22.5 Å². The van der Waals surface area contributed by atoms with Crippen LogP contribution in [0.3, 0.4) is 0 Å². The molecule has 0 spiro atoms. The maximum atomic E-state index is 12.3. The largest absolute Gasteiger partial charge is 0.335 e. The van der Waals surface area contributed by atoms with E-state index in [1.54, 1.807) is 4.90 Å². The smallest absolute Gasteiger partial charge is 0.255 e. The Bertz CT molecular complexity index is 440. The van der Waals surface area contributed by atoms with Gasteiger partial charge in [-0.2, -0.15) is 0 Å². The lowest BCUT2D eigenvalue weighted by Crippen LogP contribution is -2.32. The molecule has 1 rings (SSSR count). The first-order chi connectivity index (χ1) is 7.97. The fourth-order valence-corrected chi connectivity index (χ4v) is 2.07. The summed E-state index contributed by atoms with van der Waals surface area (Å²) in [6.45, 7) is 11.0. The summed E-state index contributed by atoms with van der Waals surface area (Å²) in [7, 11) is 0. The molecule has 0 saturated carbocycles. The van der Waals surface area contributed by atoms with Gasteiger partial charge in [0.25, 0.3) is 5.91 Å². The lowest BCUT2D eigenvalue weighted by atomic mass is 10.1. The Labute approximate surface area is 111 Å². The molecule has 0 unspecified atom stereocenters. The van der Waals surface area contributed by atoms with E-state index >= 15 is 0 Å². The zero-order valence-electron chi connectivity index (χ0n) is 10.6. The maximum Gasteiger partial charge on any atom is 0.255 e.